The molecule has 5 nitrogen and oxygen atoms in total. The Morgan fingerprint density at radius 2 is 2.47 bits per heavy atom. The van der Waals surface area contributed by atoms with Crippen molar-refractivity contribution in [2.24, 2.45) is 12.0 Å². The van der Waals surface area contributed by atoms with Crippen LogP contribution in [-0.2, 0) is 13.6 Å². The first kappa shape index (κ1) is 10.5. The van der Waals surface area contributed by atoms with E-state index >= 15 is 0 Å². The highest BCUT2D eigenvalue weighted by molar-refractivity contribution is 8.14. The number of hydrogen-bond acceptors (Lipinski definition) is 4. The van der Waals surface area contributed by atoms with E-state index in [1.165, 1.54) is 0 Å². The van der Waals surface area contributed by atoms with Crippen LogP contribution in [-0.4, -0.2) is 31.2 Å². The smallest absolute Gasteiger partial charge is 0.172 e. The molecule has 6 heteroatoms. The highest BCUT2D eigenvalue weighted by atomic mass is 32.2. The summed E-state index contributed by atoms with van der Waals surface area (Å²) >= 11 is 1.75. The fraction of sp³-hybridized carbons (Fsp3) is 0.667. The number of hydrogen-bond donors (Lipinski definition) is 1. The fourth-order valence-corrected chi connectivity index (χ4v) is 2.37. The van der Waals surface area contributed by atoms with E-state index < -0.39 is 0 Å². The molecule has 0 aliphatic carbocycles. The maximum atomic E-state index is 4.43. The van der Waals surface area contributed by atoms with Crippen molar-refractivity contribution >= 4 is 16.9 Å². The molecular weight excluding hydrogens is 210 g/mol. The molecule has 0 amide bonds. The minimum Gasteiger partial charge on any atom is -0.359 e. The summed E-state index contributed by atoms with van der Waals surface area (Å²) in [6, 6.07) is 0. The van der Waals surface area contributed by atoms with E-state index in [9.17, 15) is 0 Å². The Kier molecular flexibility index (Phi) is 2.68. The molecule has 1 aliphatic rings. The van der Waals surface area contributed by atoms with E-state index in [0.29, 0.717) is 6.54 Å². The zero-order chi connectivity index (χ0) is 10.9. The maximum absolute atomic E-state index is 4.43. The van der Waals surface area contributed by atoms with Gasteiger partial charge in [0.05, 0.1) is 0 Å². The third-order valence-corrected chi connectivity index (χ3v) is 3.40. The van der Waals surface area contributed by atoms with Crippen LogP contribution in [0.4, 0.5) is 0 Å². The molecule has 1 fully saturated rings. The second kappa shape index (κ2) is 3.84. The lowest BCUT2D eigenvalue weighted by Gasteiger charge is -2.15. The van der Waals surface area contributed by atoms with Gasteiger partial charge in [-0.05, 0) is 13.8 Å². The van der Waals surface area contributed by atoms with Crippen LogP contribution in [0, 0.1) is 0 Å². The molecule has 0 atom stereocenters. The van der Waals surface area contributed by atoms with Crippen LogP contribution in [0.15, 0.2) is 11.3 Å². The molecule has 1 N–H and O–H groups in total. The summed E-state index contributed by atoms with van der Waals surface area (Å²) in [6.45, 7) is 4.88. The molecule has 0 bridgehead atoms. The maximum Gasteiger partial charge on any atom is 0.172 e. The molecule has 1 aromatic heterocycles. The lowest BCUT2D eigenvalue weighted by Crippen LogP contribution is -2.36. The molecule has 0 spiro atoms. The van der Waals surface area contributed by atoms with E-state index in [1.54, 1.807) is 22.8 Å². The molecule has 0 aromatic carbocycles. The molecule has 15 heavy (non-hydrogen) atoms. The van der Waals surface area contributed by atoms with Crippen molar-refractivity contribution in [1.82, 2.24) is 20.1 Å². The lowest BCUT2D eigenvalue weighted by molar-refractivity contribution is 0.536. The highest BCUT2D eigenvalue weighted by Gasteiger charge is 2.27. The summed E-state index contributed by atoms with van der Waals surface area (Å²) in [5.74, 6) is 1.82. The van der Waals surface area contributed by atoms with Crippen LogP contribution < -0.4 is 5.32 Å². The first-order valence-corrected chi connectivity index (χ1v) is 5.84. The quantitative estimate of drug-likeness (QED) is 0.808. The second-order valence-electron chi connectivity index (χ2n) is 4.25. The van der Waals surface area contributed by atoms with Gasteiger partial charge in [-0.25, -0.2) is 4.98 Å². The van der Waals surface area contributed by atoms with Crippen LogP contribution in [0.5, 0.6) is 0 Å². The molecule has 0 saturated carbocycles. The summed E-state index contributed by atoms with van der Waals surface area (Å²) in [5, 5.41) is 8.52. The molecule has 0 radical (unpaired) electrons. The van der Waals surface area contributed by atoms with E-state index in [0.717, 1.165) is 16.7 Å². The minimum atomic E-state index is 0.154. The van der Waals surface area contributed by atoms with Gasteiger partial charge in [-0.3, -0.25) is 9.67 Å². The van der Waals surface area contributed by atoms with Crippen molar-refractivity contribution in [3.05, 3.63) is 12.2 Å². The van der Waals surface area contributed by atoms with Crippen molar-refractivity contribution in [2.45, 2.75) is 25.9 Å². The summed E-state index contributed by atoms with van der Waals surface area (Å²) in [6.07, 6.45) is 1.69. The van der Waals surface area contributed by atoms with E-state index in [1.807, 2.05) is 7.05 Å². The van der Waals surface area contributed by atoms with Gasteiger partial charge < -0.3 is 5.32 Å². The van der Waals surface area contributed by atoms with E-state index in [4.69, 9.17) is 0 Å². The van der Waals surface area contributed by atoms with Gasteiger partial charge in [0.2, 0.25) is 0 Å². The Morgan fingerprint density at radius 3 is 3.00 bits per heavy atom. The molecule has 2 heterocycles. The van der Waals surface area contributed by atoms with Crippen LogP contribution in [0.2, 0.25) is 0 Å². The van der Waals surface area contributed by atoms with Crippen LogP contribution in [0.25, 0.3) is 0 Å². The predicted octanol–water partition coefficient (Wildman–Crippen LogP) is 0.786. The lowest BCUT2D eigenvalue weighted by atomic mass is 10.1. The molecule has 0 unspecified atom stereocenters. The minimum absolute atomic E-state index is 0.154. The fourth-order valence-electron chi connectivity index (χ4n) is 1.29. The van der Waals surface area contributed by atoms with Gasteiger partial charge in [-0.15, -0.1) is 0 Å². The first-order chi connectivity index (χ1) is 7.05. The predicted molar refractivity (Wildman–Crippen MR) is 61.8 cm³/mol. The second-order valence-corrected chi connectivity index (χ2v) is 5.22. The van der Waals surface area contributed by atoms with Gasteiger partial charge in [-0.1, -0.05) is 11.8 Å². The third kappa shape index (κ3) is 2.71. The Morgan fingerprint density at radius 1 is 1.67 bits per heavy atom. The zero-order valence-corrected chi connectivity index (χ0v) is 10.0. The van der Waals surface area contributed by atoms with E-state index in [2.05, 4.69) is 34.2 Å². The van der Waals surface area contributed by atoms with Crippen molar-refractivity contribution in [3.8, 4) is 0 Å². The number of aliphatic imine (C=N–C) groups is 1. The Labute approximate surface area is 93.4 Å². The van der Waals surface area contributed by atoms with Crippen molar-refractivity contribution in [3.63, 3.8) is 0 Å². The standard InChI is InChI=1S/C9H15N5S/c1-9(2)5-15-8(12-9)10-4-7-11-6-14(3)13-7/h6H,4-5H2,1-3H3,(H,10,12). The number of nitrogens with zero attached hydrogens (tertiary/aromatic N) is 4. The van der Waals surface area contributed by atoms with Gasteiger partial charge in [0.25, 0.3) is 0 Å². The normalized spacial score (nSPS) is 21.9. The van der Waals surface area contributed by atoms with Crippen molar-refractivity contribution in [2.75, 3.05) is 5.75 Å². The topological polar surface area (TPSA) is 55.1 Å². The van der Waals surface area contributed by atoms with Crippen molar-refractivity contribution < 1.29 is 0 Å². The Balaban J connectivity index is 1.95. The molecule has 1 aliphatic heterocycles. The van der Waals surface area contributed by atoms with E-state index in [-0.39, 0.29) is 5.54 Å². The highest BCUT2D eigenvalue weighted by Crippen LogP contribution is 2.22. The van der Waals surface area contributed by atoms with Gasteiger partial charge in [0, 0.05) is 18.3 Å². The average molecular weight is 225 g/mol. The largest absolute Gasteiger partial charge is 0.359 e. The van der Waals surface area contributed by atoms with Gasteiger partial charge in [0.1, 0.15) is 12.9 Å². The molecule has 2 rings (SSSR count). The Bertz CT molecular complexity index is 382. The van der Waals surface area contributed by atoms with Gasteiger partial charge in [0.15, 0.2) is 11.0 Å². The Hall–Kier alpha value is -1.04. The molecule has 82 valence electrons. The van der Waals surface area contributed by atoms with Gasteiger partial charge in [-0.2, -0.15) is 5.10 Å². The summed E-state index contributed by atoms with van der Waals surface area (Å²) in [7, 11) is 1.86. The monoisotopic (exact) mass is 225 g/mol. The summed E-state index contributed by atoms with van der Waals surface area (Å²) < 4.78 is 1.69. The number of amidine groups is 1. The molecule has 1 saturated heterocycles. The van der Waals surface area contributed by atoms with Crippen LogP contribution in [0.3, 0.4) is 0 Å². The molecule has 1 aromatic rings. The first-order valence-electron chi connectivity index (χ1n) is 4.85. The number of nitrogens with one attached hydrogen (secondary N) is 1. The SMILES string of the molecule is Cn1cnc(CN=C2NC(C)(C)CS2)n1. The molecular formula is C9H15N5S. The number of rotatable bonds is 2. The number of aromatic nitrogens is 3. The summed E-state index contributed by atoms with van der Waals surface area (Å²) in [5.41, 5.74) is 0.154. The number of aryl methyl sites for hydroxylation is 1. The van der Waals surface area contributed by atoms with Crippen molar-refractivity contribution in [1.29, 1.82) is 0 Å². The zero-order valence-electron chi connectivity index (χ0n) is 9.19. The van der Waals surface area contributed by atoms with Gasteiger partial charge >= 0.3 is 0 Å². The van der Waals surface area contributed by atoms with Crippen LogP contribution in [0.1, 0.15) is 19.7 Å². The number of thioether (sulfide) groups is 1. The average Bonchev–Trinajstić information content (AvgIpc) is 2.69. The third-order valence-electron chi connectivity index (χ3n) is 2.03. The summed E-state index contributed by atoms with van der Waals surface area (Å²) in [4.78, 5) is 8.55. The van der Waals surface area contributed by atoms with Crippen LogP contribution >= 0.6 is 11.8 Å².